The Morgan fingerprint density at radius 2 is 2.32 bits per heavy atom. The van der Waals surface area contributed by atoms with Gasteiger partial charge in [0, 0.05) is 5.56 Å². The minimum atomic E-state index is -0.442. The summed E-state index contributed by atoms with van der Waals surface area (Å²) in [6.07, 6.45) is 0. The molecular formula is C11H12FN5O2. The molecule has 0 aliphatic heterocycles. The predicted octanol–water partition coefficient (Wildman–Crippen LogP) is 1.13. The van der Waals surface area contributed by atoms with Crippen LogP contribution in [0.3, 0.4) is 0 Å². The van der Waals surface area contributed by atoms with Crippen LogP contribution in [-0.4, -0.2) is 31.1 Å². The van der Waals surface area contributed by atoms with Gasteiger partial charge >= 0.3 is 0 Å². The average molecular weight is 265 g/mol. The summed E-state index contributed by atoms with van der Waals surface area (Å²) in [4.78, 5) is 1.31. The average Bonchev–Trinajstić information content (AvgIpc) is 2.82. The molecule has 0 radical (unpaired) electrons. The summed E-state index contributed by atoms with van der Waals surface area (Å²) in [7, 11) is 1.64. The molecule has 2 rings (SSSR count). The largest absolute Gasteiger partial charge is 0.485 e. The third kappa shape index (κ3) is 3.03. The second kappa shape index (κ2) is 5.42. The van der Waals surface area contributed by atoms with Crippen molar-refractivity contribution in [2.24, 2.45) is 12.2 Å². The maximum Gasteiger partial charge on any atom is 0.212 e. The molecule has 0 saturated carbocycles. The summed E-state index contributed by atoms with van der Waals surface area (Å²) in [5, 5.41) is 23.2. The van der Waals surface area contributed by atoms with Crippen molar-refractivity contribution >= 4 is 5.71 Å². The lowest BCUT2D eigenvalue weighted by atomic mass is 10.1. The molecule has 0 aliphatic rings. The van der Waals surface area contributed by atoms with E-state index >= 15 is 0 Å². The molecule has 7 nitrogen and oxygen atoms in total. The first-order chi connectivity index (χ1) is 9.10. The maximum atomic E-state index is 13.2. The number of hydrogen-bond donors (Lipinski definition) is 1. The molecule has 0 amide bonds. The van der Waals surface area contributed by atoms with Gasteiger partial charge in [0.25, 0.3) is 0 Å². The van der Waals surface area contributed by atoms with Crippen molar-refractivity contribution in [1.29, 1.82) is 0 Å². The van der Waals surface area contributed by atoms with Gasteiger partial charge in [0.2, 0.25) is 5.82 Å². The molecule has 1 aromatic heterocycles. The third-order valence-corrected chi connectivity index (χ3v) is 2.39. The van der Waals surface area contributed by atoms with Gasteiger partial charge in [0.1, 0.15) is 11.6 Å². The quantitative estimate of drug-likeness (QED) is 0.508. The summed E-state index contributed by atoms with van der Waals surface area (Å²) >= 11 is 0. The summed E-state index contributed by atoms with van der Waals surface area (Å²) in [5.74, 6) is 0.337. The van der Waals surface area contributed by atoms with Crippen LogP contribution in [0.15, 0.2) is 23.4 Å². The number of tetrazole rings is 1. The first kappa shape index (κ1) is 12.9. The van der Waals surface area contributed by atoms with E-state index in [-0.39, 0.29) is 12.3 Å². The van der Waals surface area contributed by atoms with Gasteiger partial charge in [-0.25, -0.2) is 4.39 Å². The highest BCUT2D eigenvalue weighted by Gasteiger charge is 2.10. The summed E-state index contributed by atoms with van der Waals surface area (Å²) in [5.41, 5.74) is 0.619. The fraction of sp³-hybridized carbons (Fsp3) is 0.273. The molecule has 1 heterocycles. The Morgan fingerprint density at radius 3 is 2.95 bits per heavy atom. The summed E-state index contributed by atoms with van der Waals surface area (Å²) in [6, 6.07) is 3.94. The number of halogens is 1. The molecule has 0 aliphatic carbocycles. The molecule has 0 unspecified atom stereocenters. The number of oxime groups is 1. The van der Waals surface area contributed by atoms with E-state index in [1.807, 2.05) is 0 Å². The second-order valence-electron chi connectivity index (χ2n) is 3.81. The van der Waals surface area contributed by atoms with E-state index in [4.69, 9.17) is 9.94 Å². The molecule has 1 aromatic carbocycles. The van der Waals surface area contributed by atoms with E-state index in [0.717, 1.165) is 0 Å². The van der Waals surface area contributed by atoms with E-state index in [2.05, 4.69) is 20.6 Å². The predicted molar refractivity (Wildman–Crippen MR) is 63.5 cm³/mol. The fourth-order valence-corrected chi connectivity index (χ4v) is 1.49. The Labute approximate surface area is 108 Å². The van der Waals surface area contributed by atoms with E-state index in [1.54, 1.807) is 14.0 Å². The number of nitrogens with zero attached hydrogens (tertiary/aromatic N) is 5. The third-order valence-electron chi connectivity index (χ3n) is 2.39. The Kier molecular flexibility index (Phi) is 3.69. The van der Waals surface area contributed by atoms with Crippen LogP contribution in [0.4, 0.5) is 4.39 Å². The SMILES string of the molecule is C/C(=N/O)c1cc(F)ccc1OCc1nnn(C)n1. The van der Waals surface area contributed by atoms with Crippen molar-refractivity contribution in [2.45, 2.75) is 13.5 Å². The molecule has 0 atom stereocenters. The van der Waals surface area contributed by atoms with Crippen molar-refractivity contribution in [1.82, 2.24) is 20.2 Å². The highest BCUT2D eigenvalue weighted by molar-refractivity contribution is 6.00. The van der Waals surface area contributed by atoms with Crippen molar-refractivity contribution in [3.8, 4) is 5.75 Å². The highest BCUT2D eigenvalue weighted by atomic mass is 19.1. The van der Waals surface area contributed by atoms with E-state index in [1.165, 1.54) is 23.0 Å². The molecule has 0 fully saturated rings. The molecule has 100 valence electrons. The molecule has 0 spiro atoms. The minimum absolute atomic E-state index is 0.0885. The second-order valence-corrected chi connectivity index (χ2v) is 3.81. The first-order valence-corrected chi connectivity index (χ1v) is 5.44. The van der Waals surface area contributed by atoms with Gasteiger partial charge in [-0.05, 0) is 30.3 Å². The van der Waals surface area contributed by atoms with Gasteiger partial charge in [0.05, 0.1) is 12.8 Å². The van der Waals surface area contributed by atoms with Crippen LogP contribution in [0.2, 0.25) is 0 Å². The van der Waals surface area contributed by atoms with Gasteiger partial charge in [-0.1, -0.05) is 5.16 Å². The Balaban J connectivity index is 2.20. The number of benzene rings is 1. The van der Waals surface area contributed by atoms with Gasteiger partial charge in [-0.15, -0.1) is 10.2 Å². The number of aryl methyl sites for hydroxylation is 1. The number of ether oxygens (including phenoxy) is 1. The number of hydrogen-bond acceptors (Lipinski definition) is 6. The van der Waals surface area contributed by atoms with Gasteiger partial charge in [-0.3, -0.25) is 0 Å². The van der Waals surface area contributed by atoms with E-state index < -0.39 is 5.82 Å². The van der Waals surface area contributed by atoms with Crippen LogP contribution in [0.5, 0.6) is 5.75 Å². The van der Waals surface area contributed by atoms with Crippen molar-refractivity contribution in [3.05, 3.63) is 35.4 Å². The van der Waals surface area contributed by atoms with Gasteiger partial charge in [-0.2, -0.15) is 4.80 Å². The highest BCUT2D eigenvalue weighted by Crippen LogP contribution is 2.21. The van der Waals surface area contributed by atoms with Crippen molar-refractivity contribution < 1.29 is 14.3 Å². The Bertz CT molecular complexity index is 611. The molecular weight excluding hydrogens is 253 g/mol. The van der Waals surface area contributed by atoms with Gasteiger partial charge < -0.3 is 9.94 Å². The Morgan fingerprint density at radius 1 is 1.53 bits per heavy atom. The maximum absolute atomic E-state index is 13.2. The lowest BCUT2D eigenvalue weighted by Crippen LogP contribution is -2.04. The fourth-order valence-electron chi connectivity index (χ4n) is 1.49. The zero-order chi connectivity index (χ0) is 13.8. The van der Waals surface area contributed by atoms with Crippen LogP contribution in [0.25, 0.3) is 0 Å². The molecule has 0 saturated heterocycles. The van der Waals surface area contributed by atoms with E-state index in [9.17, 15) is 4.39 Å². The molecule has 8 heteroatoms. The Hall–Kier alpha value is -2.51. The lowest BCUT2D eigenvalue weighted by Gasteiger charge is -2.09. The minimum Gasteiger partial charge on any atom is -0.485 e. The standard InChI is InChI=1S/C11H12FN5O2/c1-7(15-18)9-5-8(12)3-4-10(9)19-6-11-13-16-17(2)14-11/h3-5,18H,6H2,1-2H3/b15-7-. The summed E-state index contributed by atoms with van der Waals surface area (Å²) in [6.45, 7) is 1.63. The normalized spacial score (nSPS) is 11.6. The lowest BCUT2D eigenvalue weighted by molar-refractivity contribution is 0.293. The summed E-state index contributed by atoms with van der Waals surface area (Å²) < 4.78 is 18.7. The topological polar surface area (TPSA) is 85.4 Å². The zero-order valence-electron chi connectivity index (χ0n) is 10.4. The molecule has 2 aromatic rings. The van der Waals surface area contributed by atoms with E-state index in [0.29, 0.717) is 17.1 Å². The molecule has 19 heavy (non-hydrogen) atoms. The van der Waals surface area contributed by atoms with Gasteiger partial charge in [0.15, 0.2) is 6.61 Å². The van der Waals surface area contributed by atoms with Crippen LogP contribution < -0.4 is 4.74 Å². The first-order valence-electron chi connectivity index (χ1n) is 5.44. The number of aromatic nitrogens is 4. The molecule has 1 N–H and O–H groups in total. The zero-order valence-corrected chi connectivity index (χ0v) is 10.4. The van der Waals surface area contributed by atoms with Crippen molar-refractivity contribution in [2.75, 3.05) is 0 Å². The van der Waals surface area contributed by atoms with Crippen LogP contribution in [0, 0.1) is 5.82 Å². The monoisotopic (exact) mass is 265 g/mol. The van der Waals surface area contributed by atoms with Crippen LogP contribution >= 0.6 is 0 Å². The molecule has 0 bridgehead atoms. The van der Waals surface area contributed by atoms with Crippen LogP contribution in [-0.2, 0) is 13.7 Å². The smallest absolute Gasteiger partial charge is 0.212 e. The van der Waals surface area contributed by atoms with Crippen molar-refractivity contribution in [3.63, 3.8) is 0 Å². The van der Waals surface area contributed by atoms with Crippen LogP contribution in [0.1, 0.15) is 18.3 Å². The number of rotatable bonds is 4.